The number of nitrogens with one attached hydrogen (secondary N) is 1. The number of fused-ring (bicyclic) bond motifs is 1. The maximum Gasteiger partial charge on any atom is 0.339 e. The Balaban J connectivity index is 1.73. The number of aryl methyl sites for hydroxylation is 1. The second-order valence-electron chi connectivity index (χ2n) is 6.37. The van der Waals surface area contributed by atoms with Crippen LogP contribution in [0.4, 0.5) is 0 Å². The fourth-order valence-corrected chi connectivity index (χ4v) is 4.77. The van der Waals surface area contributed by atoms with E-state index in [2.05, 4.69) is 5.32 Å². The first kappa shape index (κ1) is 18.7. The van der Waals surface area contributed by atoms with Gasteiger partial charge in [0.25, 0.3) is 5.91 Å². The predicted octanol–water partition coefficient (Wildman–Crippen LogP) is 1.75. The molecule has 7 nitrogen and oxygen atoms in total. The van der Waals surface area contributed by atoms with Gasteiger partial charge in [0.2, 0.25) is 0 Å². The van der Waals surface area contributed by atoms with E-state index in [4.69, 9.17) is 20.8 Å². The quantitative estimate of drug-likeness (QED) is 0.785. The summed E-state index contributed by atoms with van der Waals surface area (Å²) >= 11 is 6.20. The number of sulfone groups is 1. The monoisotopic (exact) mass is 399 g/mol. The molecule has 9 heteroatoms. The fourth-order valence-electron chi connectivity index (χ4n) is 2.88. The van der Waals surface area contributed by atoms with Crippen LogP contribution in [0.2, 0.25) is 5.02 Å². The molecule has 0 saturated carbocycles. The molecule has 1 amide bonds. The van der Waals surface area contributed by atoms with Crippen LogP contribution in [0.25, 0.3) is 11.0 Å². The summed E-state index contributed by atoms with van der Waals surface area (Å²) in [5, 5.41) is 3.60. The van der Waals surface area contributed by atoms with E-state index in [1.54, 1.807) is 19.9 Å². The van der Waals surface area contributed by atoms with E-state index < -0.39 is 27.4 Å². The minimum atomic E-state index is -3.07. The lowest BCUT2D eigenvalue weighted by Gasteiger charge is -2.13. The lowest BCUT2D eigenvalue weighted by atomic mass is 10.1. The lowest BCUT2D eigenvalue weighted by molar-refractivity contribution is -0.123. The Bertz CT molecular complexity index is 1040. The molecule has 0 radical (unpaired) electrons. The Morgan fingerprint density at radius 3 is 2.73 bits per heavy atom. The molecule has 1 atom stereocenters. The summed E-state index contributed by atoms with van der Waals surface area (Å²) in [4.78, 5) is 23.8. The van der Waals surface area contributed by atoms with Crippen LogP contribution in [-0.4, -0.2) is 38.5 Å². The second kappa shape index (κ2) is 6.92. The van der Waals surface area contributed by atoms with Crippen LogP contribution in [0.3, 0.4) is 0 Å². The van der Waals surface area contributed by atoms with Gasteiger partial charge in [0.05, 0.1) is 16.5 Å². The molecule has 0 spiro atoms. The van der Waals surface area contributed by atoms with E-state index >= 15 is 0 Å². The highest BCUT2D eigenvalue weighted by atomic mass is 35.5. The molecule has 1 aliphatic rings. The van der Waals surface area contributed by atoms with Gasteiger partial charge in [-0.05, 0) is 31.9 Å². The van der Waals surface area contributed by atoms with Gasteiger partial charge in [0.15, 0.2) is 16.4 Å². The molecule has 3 rings (SSSR count). The second-order valence-corrected chi connectivity index (χ2v) is 9.01. The molecule has 1 aromatic carbocycles. The Kier molecular flexibility index (Phi) is 4.98. The summed E-state index contributed by atoms with van der Waals surface area (Å²) in [6.07, 6.45) is 0.397. The van der Waals surface area contributed by atoms with E-state index in [1.807, 2.05) is 0 Å². The minimum Gasteiger partial charge on any atom is -0.482 e. The summed E-state index contributed by atoms with van der Waals surface area (Å²) < 4.78 is 33.5. The van der Waals surface area contributed by atoms with Crippen molar-refractivity contribution in [2.24, 2.45) is 0 Å². The number of amides is 1. The number of carbonyl (C=O) groups excluding carboxylic acids is 1. The van der Waals surface area contributed by atoms with Crippen molar-refractivity contribution in [3.05, 3.63) is 38.7 Å². The molecular weight excluding hydrogens is 382 g/mol. The zero-order chi connectivity index (χ0) is 19.1. The highest BCUT2D eigenvalue weighted by Crippen LogP contribution is 2.31. The van der Waals surface area contributed by atoms with Gasteiger partial charge < -0.3 is 14.5 Å². The predicted molar refractivity (Wildman–Crippen MR) is 97.7 cm³/mol. The van der Waals surface area contributed by atoms with E-state index in [9.17, 15) is 18.0 Å². The SMILES string of the molecule is Cc1c(C)c2cc(Cl)c(OCC(=O)N[C@@H]3CCS(=O)(=O)C3)cc2oc1=O. The molecule has 26 heavy (non-hydrogen) atoms. The van der Waals surface area contributed by atoms with E-state index in [0.29, 0.717) is 23.0 Å². The molecule has 0 bridgehead atoms. The highest BCUT2D eigenvalue weighted by Gasteiger charge is 2.29. The van der Waals surface area contributed by atoms with Crippen molar-refractivity contribution in [2.75, 3.05) is 18.1 Å². The van der Waals surface area contributed by atoms with Crippen LogP contribution in [0.1, 0.15) is 17.5 Å². The Morgan fingerprint density at radius 1 is 1.35 bits per heavy atom. The molecular formula is C17H18ClNO6S. The van der Waals surface area contributed by atoms with Gasteiger partial charge in [-0.2, -0.15) is 0 Å². The van der Waals surface area contributed by atoms with Gasteiger partial charge in [0, 0.05) is 23.1 Å². The zero-order valence-corrected chi connectivity index (χ0v) is 15.9. The topological polar surface area (TPSA) is 103 Å². The third-order valence-electron chi connectivity index (χ3n) is 4.47. The maximum absolute atomic E-state index is 12.0. The van der Waals surface area contributed by atoms with Gasteiger partial charge in [-0.15, -0.1) is 0 Å². The first-order chi connectivity index (χ1) is 12.2. The zero-order valence-electron chi connectivity index (χ0n) is 14.3. The molecule has 0 unspecified atom stereocenters. The molecule has 1 aliphatic heterocycles. The standard InChI is InChI=1S/C17H18ClNO6S/c1-9-10(2)17(21)25-14-6-15(13(18)5-12(9)14)24-7-16(20)19-11-3-4-26(22,23)8-11/h5-6,11H,3-4,7-8H2,1-2H3,(H,19,20)/t11-/m1/s1. The van der Waals surface area contributed by atoms with Crippen molar-refractivity contribution in [1.82, 2.24) is 5.32 Å². The first-order valence-corrected chi connectivity index (χ1v) is 10.2. The number of hydrogen-bond donors (Lipinski definition) is 1. The number of ether oxygens (including phenoxy) is 1. The van der Waals surface area contributed by atoms with E-state index in [0.717, 1.165) is 5.56 Å². The molecule has 1 fully saturated rings. The van der Waals surface area contributed by atoms with Crippen molar-refractivity contribution in [3.63, 3.8) is 0 Å². The van der Waals surface area contributed by atoms with Gasteiger partial charge in [-0.3, -0.25) is 4.79 Å². The first-order valence-electron chi connectivity index (χ1n) is 8.02. The van der Waals surface area contributed by atoms with Gasteiger partial charge in [-0.1, -0.05) is 11.6 Å². The Morgan fingerprint density at radius 2 is 2.08 bits per heavy atom. The molecule has 1 saturated heterocycles. The average Bonchev–Trinajstić information content (AvgIpc) is 2.90. The van der Waals surface area contributed by atoms with Crippen LogP contribution in [0.15, 0.2) is 21.3 Å². The van der Waals surface area contributed by atoms with Crippen molar-refractivity contribution >= 4 is 38.3 Å². The average molecular weight is 400 g/mol. The third kappa shape index (κ3) is 3.86. The van der Waals surface area contributed by atoms with Crippen LogP contribution in [0, 0.1) is 13.8 Å². The number of halogens is 1. The highest BCUT2D eigenvalue weighted by molar-refractivity contribution is 7.91. The summed E-state index contributed by atoms with van der Waals surface area (Å²) in [7, 11) is -3.07. The van der Waals surface area contributed by atoms with Crippen molar-refractivity contribution in [3.8, 4) is 5.75 Å². The molecule has 2 aromatic rings. The van der Waals surface area contributed by atoms with E-state index in [1.165, 1.54) is 6.07 Å². The number of rotatable bonds is 4. The van der Waals surface area contributed by atoms with Crippen molar-refractivity contribution < 1.29 is 22.4 Å². The molecule has 1 aromatic heterocycles. The summed E-state index contributed by atoms with van der Waals surface area (Å²) in [6.45, 7) is 3.15. The third-order valence-corrected chi connectivity index (χ3v) is 6.53. The molecule has 140 valence electrons. The molecule has 1 N–H and O–H groups in total. The number of hydrogen-bond acceptors (Lipinski definition) is 6. The van der Waals surface area contributed by atoms with E-state index in [-0.39, 0.29) is 28.9 Å². The lowest BCUT2D eigenvalue weighted by Crippen LogP contribution is -2.38. The Labute approximate surface area is 155 Å². The normalized spacial score (nSPS) is 18.8. The van der Waals surface area contributed by atoms with Gasteiger partial charge >= 0.3 is 5.63 Å². The van der Waals surface area contributed by atoms with Gasteiger partial charge in [0.1, 0.15) is 11.3 Å². The maximum atomic E-state index is 12.0. The van der Waals surface area contributed by atoms with Crippen LogP contribution in [-0.2, 0) is 14.6 Å². The smallest absolute Gasteiger partial charge is 0.339 e. The Hall–Kier alpha value is -2.06. The molecule has 0 aliphatic carbocycles. The van der Waals surface area contributed by atoms with Crippen LogP contribution < -0.4 is 15.7 Å². The van der Waals surface area contributed by atoms with Gasteiger partial charge in [-0.25, -0.2) is 13.2 Å². The van der Waals surface area contributed by atoms with Crippen molar-refractivity contribution in [2.45, 2.75) is 26.3 Å². The van der Waals surface area contributed by atoms with Crippen LogP contribution >= 0.6 is 11.6 Å². The number of benzene rings is 1. The summed E-state index contributed by atoms with van der Waals surface area (Å²) in [6, 6.07) is 2.70. The largest absolute Gasteiger partial charge is 0.482 e. The van der Waals surface area contributed by atoms with Crippen molar-refractivity contribution in [1.29, 1.82) is 0 Å². The summed E-state index contributed by atoms with van der Waals surface area (Å²) in [5.74, 6) is -0.212. The number of carbonyl (C=O) groups is 1. The fraction of sp³-hybridized carbons (Fsp3) is 0.412. The minimum absolute atomic E-state index is 0.0563. The molecule has 2 heterocycles. The summed E-state index contributed by atoms with van der Waals surface area (Å²) in [5.41, 5.74) is 1.15. The van der Waals surface area contributed by atoms with Crippen LogP contribution in [0.5, 0.6) is 5.75 Å².